The minimum Gasteiger partial charge on any atom is -0.458 e. The summed E-state index contributed by atoms with van der Waals surface area (Å²) in [7, 11) is 0. The van der Waals surface area contributed by atoms with Crippen molar-refractivity contribution < 1.29 is 19.1 Å². The van der Waals surface area contributed by atoms with E-state index in [1.807, 2.05) is 0 Å². The number of rotatable bonds is 4. The van der Waals surface area contributed by atoms with Gasteiger partial charge in [-0.05, 0) is 49.4 Å². The fourth-order valence-electron chi connectivity index (χ4n) is 4.16. The third-order valence-electron chi connectivity index (χ3n) is 5.62. The van der Waals surface area contributed by atoms with Gasteiger partial charge in [0.1, 0.15) is 11.7 Å². The highest BCUT2D eigenvalue weighted by atomic mass is 16.6. The second kappa shape index (κ2) is 7.28. The highest BCUT2D eigenvalue weighted by molar-refractivity contribution is 5.75. The molecule has 2 aliphatic rings. The average molecular weight is 353 g/mol. The fourth-order valence-corrected chi connectivity index (χ4v) is 4.16. The Balaban J connectivity index is 2.21. The number of esters is 2. The molecule has 0 bridgehead atoms. The Morgan fingerprint density at radius 2 is 1.76 bits per heavy atom. The minimum absolute atomic E-state index is 0.0521. The zero-order valence-electron chi connectivity index (χ0n) is 16.9. The molecule has 25 heavy (non-hydrogen) atoms. The van der Waals surface area contributed by atoms with E-state index in [4.69, 9.17) is 9.47 Å². The van der Waals surface area contributed by atoms with Gasteiger partial charge in [-0.25, -0.2) is 0 Å². The van der Waals surface area contributed by atoms with Crippen LogP contribution in [0.15, 0.2) is 0 Å². The van der Waals surface area contributed by atoms with E-state index in [9.17, 15) is 9.59 Å². The quantitative estimate of drug-likeness (QED) is 0.665. The van der Waals surface area contributed by atoms with Crippen molar-refractivity contribution >= 4 is 11.9 Å². The summed E-state index contributed by atoms with van der Waals surface area (Å²) in [5.41, 5.74) is -0.716. The van der Waals surface area contributed by atoms with E-state index in [1.54, 1.807) is 0 Å². The lowest BCUT2D eigenvalue weighted by atomic mass is 9.72. The first kappa shape index (κ1) is 20.3. The topological polar surface area (TPSA) is 52.6 Å². The summed E-state index contributed by atoms with van der Waals surface area (Å²) in [6.45, 7) is 12.8. The van der Waals surface area contributed by atoms with Crippen LogP contribution in [0.5, 0.6) is 0 Å². The molecule has 2 rings (SSSR count). The molecule has 0 aromatic heterocycles. The molecule has 0 aromatic carbocycles. The summed E-state index contributed by atoms with van der Waals surface area (Å²) in [5, 5.41) is 0. The number of ether oxygens (including phenoxy) is 2. The lowest BCUT2D eigenvalue weighted by Gasteiger charge is -2.43. The minimum atomic E-state index is -0.608. The van der Waals surface area contributed by atoms with Crippen molar-refractivity contribution in [2.24, 2.45) is 16.7 Å². The Bertz CT molecular complexity index is 489. The average Bonchev–Trinajstić information content (AvgIpc) is 2.91. The second-order valence-electron chi connectivity index (χ2n) is 10.2. The number of carbonyl (C=O) groups is 2. The molecule has 144 valence electrons. The lowest BCUT2D eigenvalue weighted by molar-refractivity contribution is -0.193. The predicted molar refractivity (Wildman–Crippen MR) is 98.0 cm³/mol. The summed E-state index contributed by atoms with van der Waals surface area (Å²) in [4.78, 5) is 24.9. The molecule has 4 heteroatoms. The maximum absolute atomic E-state index is 13.2. The fraction of sp³-hybridized carbons (Fsp3) is 0.905. The van der Waals surface area contributed by atoms with Crippen LogP contribution in [0, 0.1) is 16.7 Å². The van der Waals surface area contributed by atoms with E-state index in [-0.39, 0.29) is 34.8 Å². The van der Waals surface area contributed by atoms with E-state index < -0.39 is 5.60 Å². The monoisotopic (exact) mass is 352 g/mol. The summed E-state index contributed by atoms with van der Waals surface area (Å²) in [6.07, 6.45) is 6.47. The van der Waals surface area contributed by atoms with Crippen molar-refractivity contribution in [3.63, 3.8) is 0 Å². The van der Waals surface area contributed by atoms with Crippen molar-refractivity contribution in [2.75, 3.05) is 0 Å². The molecule has 1 aliphatic heterocycles. The SMILES string of the molecule is CC(C)(C)CC(C(=O)OC1(C2CCC(=O)O2)CCCCC1)C(C)(C)C. The molecule has 0 N–H and O–H groups in total. The first-order valence-electron chi connectivity index (χ1n) is 9.85. The van der Waals surface area contributed by atoms with Gasteiger partial charge in [0, 0.05) is 6.42 Å². The largest absolute Gasteiger partial charge is 0.458 e. The van der Waals surface area contributed by atoms with Gasteiger partial charge in [-0.2, -0.15) is 0 Å². The molecule has 1 saturated heterocycles. The van der Waals surface area contributed by atoms with Gasteiger partial charge >= 0.3 is 11.9 Å². The zero-order valence-corrected chi connectivity index (χ0v) is 16.9. The van der Waals surface area contributed by atoms with E-state index >= 15 is 0 Å². The first-order valence-corrected chi connectivity index (χ1v) is 9.85. The number of hydrogen-bond donors (Lipinski definition) is 0. The molecule has 2 fully saturated rings. The maximum atomic E-state index is 13.2. The third-order valence-corrected chi connectivity index (χ3v) is 5.62. The Morgan fingerprint density at radius 1 is 1.16 bits per heavy atom. The van der Waals surface area contributed by atoms with Crippen molar-refractivity contribution in [2.45, 2.75) is 105 Å². The molecule has 0 radical (unpaired) electrons. The molecule has 0 aromatic rings. The van der Waals surface area contributed by atoms with Crippen LogP contribution in [0.4, 0.5) is 0 Å². The molecule has 4 nitrogen and oxygen atoms in total. The van der Waals surface area contributed by atoms with Crippen molar-refractivity contribution in [1.82, 2.24) is 0 Å². The zero-order chi connectivity index (χ0) is 18.9. The number of carbonyl (C=O) groups excluding carboxylic acids is 2. The normalized spacial score (nSPS) is 25.4. The summed E-state index contributed by atoms with van der Waals surface area (Å²) < 4.78 is 11.8. The molecule has 1 heterocycles. The Kier molecular flexibility index (Phi) is 5.90. The maximum Gasteiger partial charge on any atom is 0.310 e. The predicted octanol–water partition coefficient (Wildman–Crippen LogP) is 5.04. The summed E-state index contributed by atoms with van der Waals surface area (Å²) in [5.74, 6) is -0.441. The van der Waals surface area contributed by atoms with Crippen molar-refractivity contribution in [1.29, 1.82) is 0 Å². The standard InChI is InChI=1S/C21H36O4/c1-19(2,3)14-15(20(4,5)6)18(23)25-21(12-8-7-9-13-21)16-10-11-17(22)24-16/h15-16H,7-14H2,1-6H3. The molecule has 1 aliphatic carbocycles. The Labute approximate surface area is 153 Å². The highest BCUT2D eigenvalue weighted by Gasteiger charge is 2.49. The van der Waals surface area contributed by atoms with Gasteiger partial charge in [0.15, 0.2) is 0 Å². The number of hydrogen-bond acceptors (Lipinski definition) is 4. The third kappa shape index (κ3) is 5.21. The van der Waals surface area contributed by atoms with Gasteiger partial charge in [0.05, 0.1) is 5.92 Å². The molecule has 1 saturated carbocycles. The molecule has 0 amide bonds. The smallest absolute Gasteiger partial charge is 0.310 e. The molecular weight excluding hydrogens is 316 g/mol. The van der Waals surface area contributed by atoms with Crippen LogP contribution in [0.1, 0.15) is 92.9 Å². The van der Waals surface area contributed by atoms with E-state index in [2.05, 4.69) is 41.5 Å². The molecule has 0 spiro atoms. The van der Waals surface area contributed by atoms with Crippen LogP contribution >= 0.6 is 0 Å². The van der Waals surface area contributed by atoms with Crippen LogP contribution in [0.3, 0.4) is 0 Å². The van der Waals surface area contributed by atoms with Crippen LogP contribution in [-0.4, -0.2) is 23.6 Å². The van der Waals surface area contributed by atoms with Crippen molar-refractivity contribution in [3.05, 3.63) is 0 Å². The van der Waals surface area contributed by atoms with Gasteiger partial charge in [-0.15, -0.1) is 0 Å². The molecular formula is C21H36O4. The number of cyclic esters (lactones) is 1. The van der Waals surface area contributed by atoms with Gasteiger partial charge in [-0.3, -0.25) is 9.59 Å². The lowest BCUT2D eigenvalue weighted by Crippen LogP contribution is -2.50. The highest BCUT2D eigenvalue weighted by Crippen LogP contribution is 2.43. The van der Waals surface area contributed by atoms with E-state index in [0.29, 0.717) is 12.8 Å². The van der Waals surface area contributed by atoms with Crippen LogP contribution < -0.4 is 0 Å². The van der Waals surface area contributed by atoms with Gasteiger partial charge in [0.2, 0.25) is 0 Å². The van der Waals surface area contributed by atoms with E-state index in [0.717, 1.165) is 38.5 Å². The Morgan fingerprint density at radius 3 is 2.20 bits per heavy atom. The van der Waals surface area contributed by atoms with Crippen LogP contribution in [0.25, 0.3) is 0 Å². The van der Waals surface area contributed by atoms with Crippen LogP contribution in [0.2, 0.25) is 0 Å². The van der Waals surface area contributed by atoms with Crippen molar-refractivity contribution in [3.8, 4) is 0 Å². The second-order valence-corrected chi connectivity index (χ2v) is 10.2. The van der Waals surface area contributed by atoms with Gasteiger partial charge in [-0.1, -0.05) is 48.0 Å². The van der Waals surface area contributed by atoms with E-state index in [1.165, 1.54) is 0 Å². The molecule has 2 atom stereocenters. The van der Waals surface area contributed by atoms with Crippen LogP contribution in [-0.2, 0) is 19.1 Å². The summed E-state index contributed by atoms with van der Waals surface area (Å²) in [6, 6.07) is 0. The Hall–Kier alpha value is -1.06. The van der Waals surface area contributed by atoms with Gasteiger partial charge < -0.3 is 9.47 Å². The first-order chi connectivity index (χ1) is 11.4. The molecule has 2 unspecified atom stereocenters. The van der Waals surface area contributed by atoms with Gasteiger partial charge in [0.25, 0.3) is 0 Å². The summed E-state index contributed by atoms with van der Waals surface area (Å²) >= 11 is 0.